The molecular weight excluding hydrogens is 416 g/mol. The van der Waals surface area contributed by atoms with Crippen molar-refractivity contribution in [1.29, 1.82) is 0 Å². The van der Waals surface area contributed by atoms with E-state index in [1.807, 2.05) is 0 Å². The Labute approximate surface area is 150 Å². The molecular formula is C13H9BrCl3N3O2. The maximum Gasteiger partial charge on any atom is 0.357 e. The van der Waals surface area contributed by atoms with Crippen molar-refractivity contribution in [2.75, 3.05) is 12.4 Å². The monoisotopic (exact) mass is 423 g/mol. The van der Waals surface area contributed by atoms with Crippen LogP contribution in [-0.4, -0.2) is 23.0 Å². The van der Waals surface area contributed by atoms with Crippen LogP contribution in [0.4, 0.5) is 5.69 Å². The molecule has 5 nitrogen and oxygen atoms in total. The number of esters is 1. The number of carbonyl (C=O) groups excluding carboxylic acids is 1. The SMILES string of the molecule is COC(=O)c1nc(Cl)c(Cl)c(NCc2ncccc2Cl)c1Br. The minimum absolute atomic E-state index is 0.0140. The first-order chi connectivity index (χ1) is 10.5. The fourth-order valence-electron chi connectivity index (χ4n) is 1.62. The van der Waals surface area contributed by atoms with Crippen molar-refractivity contribution in [3.8, 4) is 0 Å². The first-order valence-corrected chi connectivity index (χ1v) is 7.84. The maximum atomic E-state index is 11.7. The molecule has 0 amide bonds. The number of carbonyl (C=O) groups is 1. The van der Waals surface area contributed by atoms with Crippen LogP contribution in [-0.2, 0) is 11.3 Å². The van der Waals surface area contributed by atoms with E-state index in [0.29, 0.717) is 27.4 Å². The van der Waals surface area contributed by atoms with Gasteiger partial charge in [0.15, 0.2) is 10.8 Å². The standard InChI is InChI=1S/C13H9BrCl3N3O2/c1-22-13(21)11-8(14)10(9(16)12(17)20-11)19-5-7-6(15)3-2-4-18-7/h2-4H,5H2,1H3,(H,19,20). The minimum Gasteiger partial charge on any atom is -0.464 e. The molecule has 0 radical (unpaired) electrons. The fraction of sp³-hybridized carbons (Fsp3) is 0.154. The first kappa shape index (κ1) is 17.3. The van der Waals surface area contributed by atoms with Gasteiger partial charge in [0.1, 0.15) is 5.02 Å². The zero-order valence-corrected chi connectivity index (χ0v) is 15.0. The van der Waals surface area contributed by atoms with Crippen molar-refractivity contribution in [2.24, 2.45) is 0 Å². The van der Waals surface area contributed by atoms with Gasteiger partial charge in [-0.05, 0) is 28.1 Å². The van der Waals surface area contributed by atoms with Crippen LogP contribution in [0.25, 0.3) is 0 Å². The largest absolute Gasteiger partial charge is 0.464 e. The van der Waals surface area contributed by atoms with E-state index in [1.54, 1.807) is 18.3 Å². The summed E-state index contributed by atoms with van der Waals surface area (Å²) < 4.78 is 5.00. The number of nitrogens with one attached hydrogen (secondary N) is 1. The molecule has 0 unspecified atom stereocenters. The number of halogens is 4. The molecule has 1 N–H and O–H groups in total. The number of anilines is 1. The average molecular weight is 425 g/mol. The first-order valence-electron chi connectivity index (χ1n) is 5.91. The Morgan fingerprint density at radius 3 is 2.77 bits per heavy atom. The molecule has 0 aliphatic heterocycles. The van der Waals surface area contributed by atoms with Gasteiger partial charge in [-0.15, -0.1) is 0 Å². The molecule has 2 aromatic heterocycles. The minimum atomic E-state index is -0.635. The van der Waals surface area contributed by atoms with Crippen molar-refractivity contribution in [3.05, 3.63) is 49.4 Å². The molecule has 116 valence electrons. The zero-order valence-electron chi connectivity index (χ0n) is 11.2. The summed E-state index contributed by atoms with van der Waals surface area (Å²) in [6.07, 6.45) is 1.62. The molecule has 9 heteroatoms. The van der Waals surface area contributed by atoms with Gasteiger partial charge in [0.2, 0.25) is 0 Å². The van der Waals surface area contributed by atoms with Crippen LogP contribution in [0, 0.1) is 0 Å². The van der Waals surface area contributed by atoms with Crippen LogP contribution >= 0.6 is 50.7 Å². The van der Waals surface area contributed by atoms with E-state index < -0.39 is 5.97 Å². The third-order valence-corrected chi connectivity index (χ3v) is 4.54. The van der Waals surface area contributed by atoms with Crippen LogP contribution in [0.3, 0.4) is 0 Å². The molecule has 0 fully saturated rings. The lowest BCUT2D eigenvalue weighted by atomic mass is 10.3. The number of aromatic nitrogens is 2. The third-order valence-electron chi connectivity index (χ3n) is 2.68. The van der Waals surface area contributed by atoms with Crippen LogP contribution in [0.15, 0.2) is 22.8 Å². The van der Waals surface area contributed by atoms with Gasteiger partial charge in [-0.1, -0.05) is 34.8 Å². The summed E-state index contributed by atoms with van der Waals surface area (Å²) in [4.78, 5) is 19.8. The lowest BCUT2D eigenvalue weighted by Crippen LogP contribution is -2.10. The molecule has 0 aliphatic carbocycles. The molecule has 0 aromatic carbocycles. The molecule has 0 atom stereocenters. The maximum absolute atomic E-state index is 11.7. The second-order valence-electron chi connectivity index (χ2n) is 4.03. The topological polar surface area (TPSA) is 64.1 Å². The van der Waals surface area contributed by atoms with E-state index in [4.69, 9.17) is 34.8 Å². The fourth-order valence-corrected chi connectivity index (χ4v) is 2.90. The highest BCUT2D eigenvalue weighted by atomic mass is 79.9. The van der Waals surface area contributed by atoms with Crippen LogP contribution in [0.5, 0.6) is 0 Å². The number of nitrogens with zero attached hydrogens (tertiary/aromatic N) is 2. The van der Waals surface area contributed by atoms with E-state index in [2.05, 4.69) is 36.0 Å². The van der Waals surface area contributed by atoms with Crippen molar-refractivity contribution in [3.63, 3.8) is 0 Å². The molecule has 0 aliphatic rings. The Bertz CT molecular complexity index is 728. The third kappa shape index (κ3) is 3.63. The van der Waals surface area contributed by atoms with Gasteiger partial charge in [-0.25, -0.2) is 9.78 Å². The lowest BCUT2D eigenvalue weighted by Gasteiger charge is -2.14. The molecule has 2 rings (SSSR count). The molecule has 0 saturated carbocycles. The number of ether oxygens (including phenoxy) is 1. The molecule has 22 heavy (non-hydrogen) atoms. The van der Waals surface area contributed by atoms with E-state index in [9.17, 15) is 4.79 Å². The van der Waals surface area contributed by atoms with E-state index >= 15 is 0 Å². The summed E-state index contributed by atoms with van der Waals surface area (Å²) in [5, 5.41) is 3.71. The van der Waals surface area contributed by atoms with E-state index in [0.717, 1.165) is 0 Å². The Kier molecular flexibility index (Phi) is 5.86. The number of methoxy groups -OCH3 is 1. The van der Waals surface area contributed by atoms with Gasteiger partial charge in [0.05, 0.1) is 34.5 Å². The van der Waals surface area contributed by atoms with Gasteiger partial charge in [0, 0.05) is 6.20 Å². The van der Waals surface area contributed by atoms with Gasteiger partial charge in [-0.2, -0.15) is 0 Å². The zero-order chi connectivity index (χ0) is 16.3. The van der Waals surface area contributed by atoms with E-state index in [1.165, 1.54) is 7.11 Å². The summed E-state index contributed by atoms with van der Waals surface area (Å²) in [5.74, 6) is -0.635. The number of hydrogen-bond donors (Lipinski definition) is 1. The van der Waals surface area contributed by atoms with Gasteiger partial charge in [-0.3, -0.25) is 4.98 Å². The van der Waals surface area contributed by atoms with Crippen LogP contribution in [0.2, 0.25) is 15.2 Å². The smallest absolute Gasteiger partial charge is 0.357 e. The quantitative estimate of drug-likeness (QED) is 0.573. The van der Waals surface area contributed by atoms with Crippen molar-refractivity contribution < 1.29 is 9.53 Å². The summed E-state index contributed by atoms with van der Waals surface area (Å²) in [6.45, 7) is 0.291. The lowest BCUT2D eigenvalue weighted by molar-refractivity contribution is 0.0593. The second kappa shape index (κ2) is 7.46. The Morgan fingerprint density at radius 1 is 1.41 bits per heavy atom. The molecule has 0 bridgehead atoms. The highest BCUT2D eigenvalue weighted by molar-refractivity contribution is 9.10. The second-order valence-corrected chi connectivity index (χ2v) is 5.97. The normalized spacial score (nSPS) is 10.4. The Hall–Kier alpha value is -1.08. The van der Waals surface area contributed by atoms with Gasteiger partial charge >= 0.3 is 5.97 Å². The average Bonchev–Trinajstić information content (AvgIpc) is 2.51. The van der Waals surface area contributed by atoms with Crippen LogP contribution in [0.1, 0.15) is 16.2 Å². The summed E-state index contributed by atoms with van der Waals surface area (Å²) in [7, 11) is 1.25. The number of rotatable bonds is 4. The molecule has 2 aromatic rings. The van der Waals surface area contributed by atoms with Crippen molar-refractivity contribution in [1.82, 2.24) is 9.97 Å². The summed E-state index contributed by atoms with van der Waals surface area (Å²) in [5.41, 5.74) is 1.05. The number of hydrogen-bond acceptors (Lipinski definition) is 5. The highest BCUT2D eigenvalue weighted by Crippen LogP contribution is 2.37. The summed E-state index contributed by atoms with van der Waals surface area (Å²) >= 11 is 21.4. The molecule has 2 heterocycles. The highest BCUT2D eigenvalue weighted by Gasteiger charge is 2.21. The predicted octanol–water partition coefficient (Wildman–Crippen LogP) is 4.60. The van der Waals surface area contributed by atoms with Crippen LogP contribution < -0.4 is 5.32 Å². The predicted molar refractivity (Wildman–Crippen MR) is 89.9 cm³/mol. The van der Waals surface area contributed by atoms with Crippen molar-refractivity contribution in [2.45, 2.75) is 6.54 Å². The van der Waals surface area contributed by atoms with Gasteiger partial charge < -0.3 is 10.1 Å². The molecule has 0 spiro atoms. The van der Waals surface area contributed by atoms with Gasteiger partial charge in [0.25, 0.3) is 0 Å². The Morgan fingerprint density at radius 2 is 2.14 bits per heavy atom. The van der Waals surface area contributed by atoms with E-state index in [-0.39, 0.29) is 15.9 Å². The Balaban J connectivity index is 2.36. The molecule has 0 saturated heterocycles. The van der Waals surface area contributed by atoms with Crippen molar-refractivity contribution >= 4 is 62.4 Å². The summed E-state index contributed by atoms with van der Waals surface area (Å²) in [6, 6.07) is 3.45. The number of pyridine rings is 2.